The molecule has 0 aliphatic heterocycles. The number of benzene rings is 2. The number of carbonyl (C=O) groups excluding carboxylic acids is 2. The van der Waals surface area contributed by atoms with E-state index in [4.69, 9.17) is 4.74 Å². The first kappa shape index (κ1) is 20.6. The molecule has 3 rings (SSSR count). The van der Waals surface area contributed by atoms with E-state index >= 15 is 0 Å². The average Bonchev–Trinajstić information content (AvgIpc) is 3.09. The molecule has 0 atom stereocenters. The fourth-order valence-electron chi connectivity index (χ4n) is 3.50. The van der Waals surface area contributed by atoms with Gasteiger partial charge in [-0.15, -0.1) is 0 Å². The molecule has 1 amide bonds. The Morgan fingerprint density at radius 3 is 2.28 bits per heavy atom. The lowest BCUT2D eigenvalue weighted by atomic mass is 9.92. The Labute approximate surface area is 171 Å². The molecular weight excluding hydrogens is 364 g/mol. The van der Waals surface area contributed by atoms with Crippen LogP contribution in [0.15, 0.2) is 48.7 Å². The van der Waals surface area contributed by atoms with Crippen molar-refractivity contribution in [1.29, 1.82) is 0 Å². The molecule has 0 spiro atoms. The summed E-state index contributed by atoms with van der Waals surface area (Å²) >= 11 is 0. The summed E-state index contributed by atoms with van der Waals surface area (Å²) < 4.78 is 5.23. The SMILES string of the molecule is CC(C)c1cccc(C(C)C)c1NC(=O)COC(=O)Cc1c[nH]c2ccccc12. The predicted molar refractivity (Wildman–Crippen MR) is 116 cm³/mol. The Kier molecular flexibility index (Phi) is 6.37. The molecule has 1 aromatic heterocycles. The first-order valence-corrected chi connectivity index (χ1v) is 10.00. The molecule has 29 heavy (non-hydrogen) atoms. The van der Waals surface area contributed by atoms with Crippen molar-refractivity contribution in [2.45, 2.75) is 46.0 Å². The van der Waals surface area contributed by atoms with E-state index in [9.17, 15) is 9.59 Å². The highest BCUT2D eigenvalue weighted by atomic mass is 16.5. The normalized spacial score (nSPS) is 11.2. The van der Waals surface area contributed by atoms with Crippen molar-refractivity contribution >= 4 is 28.5 Å². The van der Waals surface area contributed by atoms with Crippen LogP contribution in [0.3, 0.4) is 0 Å². The summed E-state index contributed by atoms with van der Waals surface area (Å²) in [4.78, 5) is 27.9. The minimum absolute atomic E-state index is 0.122. The molecule has 0 saturated heterocycles. The van der Waals surface area contributed by atoms with Crippen molar-refractivity contribution < 1.29 is 14.3 Å². The van der Waals surface area contributed by atoms with Gasteiger partial charge in [-0.05, 0) is 34.6 Å². The van der Waals surface area contributed by atoms with E-state index < -0.39 is 5.97 Å². The molecular formula is C24H28N2O3. The summed E-state index contributed by atoms with van der Waals surface area (Å²) in [5, 5.41) is 3.95. The van der Waals surface area contributed by atoms with Gasteiger partial charge in [-0.25, -0.2) is 0 Å². The smallest absolute Gasteiger partial charge is 0.310 e. The zero-order chi connectivity index (χ0) is 21.0. The molecule has 0 aliphatic rings. The lowest BCUT2D eigenvalue weighted by molar-refractivity contribution is -0.146. The summed E-state index contributed by atoms with van der Waals surface area (Å²) in [6.45, 7) is 8.07. The van der Waals surface area contributed by atoms with Gasteiger partial charge in [0.05, 0.1) is 6.42 Å². The van der Waals surface area contributed by atoms with Gasteiger partial charge in [-0.1, -0.05) is 64.1 Å². The first-order valence-electron chi connectivity index (χ1n) is 10.00. The maximum atomic E-state index is 12.5. The molecule has 0 saturated carbocycles. The Balaban J connectivity index is 1.63. The number of amides is 1. The zero-order valence-corrected chi connectivity index (χ0v) is 17.4. The number of esters is 1. The fraction of sp³-hybridized carbons (Fsp3) is 0.333. The average molecular weight is 392 g/mol. The number of aromatic nitrogens is 1. The van der Waals surface area contributed by atoms with Crippen LogP contribution in [0.25, 0.3) is 10.9 Å². The van der Waals surface area contributed by atoms with E-state index in [1.807, 2.05) is 42.5 Å². The van der Waals surface area contributed by atoms with Crippen LogP contribution in [0.5, 0.6) is 0 Å². The van der Waals surface area contributed by atoms with Crippen LogP contribution in [-0.4, -0.2) is 23.5 Å². The number of carbonyl (C=O) groups is 2. The van der Waals surface area contributed by atoms with Crippen molar-refractivity contribution in [1.82, 2.24) is 4.98 Å². The first-order chi connectivity index (χ1) is 13.9. The van der Waals surface area contributed by atoms with E-state index in [-0.39, 0.29) is 30.8 Å². The largest absolute Gasteiger partial charge is 0.455 e. The molecule has 0 radical (unpaired) electrons. The van der Waals surface area contributed by atoms with Gasteiger partial charge < -0.3 is 15.0 Å². The van der Waals surface area contributed by atoms with Gasteiger partial charge in [0.2, 0.25) is 0 Å². The summed E-state index contributed by atoms with van der Waals surface area (Å²) in [5.74, 6) is -0.208. The molecule has 5 nitrogen and oxygen atoms in total. The lowest BCUT2D eigenvalue weighted by Crippen LogP contribution is -2.23. The number of ether oxygens (including phenoxy) is 1. The van der Waals surface area contributed by atoms with Crippen LogP contribution in [0.1, 0.15) is 56.2 Å². The van der Waals surface area contributed by atoms with Crippen molar-refractivity contribution in [3.8, 4) is 0 Å². The molecule has 0 bridgehead atoms. The second-order valence-electron chi connectivity index (χ2n) is 7.87. The van der Waals surface area contributed by atoms with Crippen LogP contribution in [0.2, 0.25) is 0 Å². The number of H-pyrrole nitrogens is 1. The molecule has 2 N–H and O–H groups in total. The minimum atomic E-state index is -0.425. The molecule has 0 fully saturated rings. The number of aromatic amines is 1. The Morgan fingerprint density at radius 1 is 0.966 bits per heavy atom. The van der Waals surface area contributed by atoms with Crippen LogP contribution < -0.4 is 5.32 Å². The summed E-state index contributed by atoms with van der Waals surface area (Å²) in [6.07, 6.45) is 1.93. The number of nitrogens with one attached hydrogen (secondary N) is 2. The Bertz CT molecular complexity index is 992. The third-order valence-electron chi connectivity index (χ3n) is 5.01. The topological polar surface area (TPSA) is 71.2 Å². The fourth-order valence-corrected chi connectivity index (χ4v) is 3.50. The maximum Gasteiger partial charge on any atom is 0.310 e. The van der Waals surface area contributed by atoms with Crippen molar-refractivity contribution in [2.24, 2.45) is 0 Å². The van der Waals surface area contributed by atoms with E-state index in [0.717, 1.165) is 33.3 Å². The number of hydrogen-bond acceptors (Lipinski definition) is 3. The van der Waals surface area contributed by atoms with Crippen molar-refractivity contribution in [3.05, 3.63) is 65.4 Å². The predicted octanol–water partition coefficient (Wildman–Crippen LogP) is 5.14. The van der Waals surface area contributed by atoms with Crippen molar-refractivity contribution in [2.75, 3.05) is 11.9 Å². The standard InChI is InChI=1S/C24H28N2O3/c1-15(2)18-9-7-10-19(16(3)4)24(18)26-22(27)14-29-23(28)12-17-13-25-21-11-6-5-8-20(17)21/h5-11,13,15-16,25H,12,14H2,1-4H3,(H,26,27). The third-order valence-corrected chi connectivity index (χ3v) is 5.01. The molecule has 3 aromatic rings. The quantitative estimate of drug-likeness (QED) is 0.547. The summed E-state index contributed by atoms with van der Waals surface area (Å²) in [5.41, 5.74) is 4.82. The zero-order valence-electron chi connectivity index (χ0n) is 17.4. The van der Waals surface area contributed by atoms with E-state index in [0.29, 0.717) is 0 Å². The highest BCUT2D eigenvalue weighted by Crippen LogP contribution is 2.32. The maximum absolute atomic E-state index is 12.5. The van der Waals surface area contributed by atoms with Crippen LogP contribution in [0.4, 0.5) is 5.69 Å². The Morgan fingerprint density at radius 2 is 1.62 bits per heavy atom. The molecule has 5 heteroatoms. The van der Waals surface area contributed by atoms with Gasteiger partial charge in [0.15, 0.2) is 6.61 Å². The minimum Gasteiger partial charge on any atom is -0.455 e. The molecule has 0 aliphatic carbocycles. The van der Waals surface area contributed by atoms with Gasteiger partial charge in [0.1, 0.15) is 0 Å². The summed E-state index contributed by atoms with van der Waals surface area (Å²) in [6, 6.07) is 13.8. The number of anilines is 1. The number of fused-ring (bicyclic) bond motifs is 1. The summed E-state index contributed by atoms with van der Waals surface area (Å²) in [7, 11) is 0. The molecule has 2 aromatic carbocycles. The van der Waals surface area contributed by atoms with Gasteiger partial charge in [-0.3, -0.25) is 9.59 Å². The molecule has 0 unspecified atom stereocenters. The molecule has 1 heterocycles. The van der Waals surface area contributed by atoms with E-state index in [1.165, 1.54) is 0 Å². The number of para-hydroxylation sites is 2. The van der Waals surface area contributed by atoms with Gasteiger partial charge >= 0.3 is 5.97 Å². The van der Waals surface area contributed by atoms with Gasteiger partial charge in [0, 0.05) is 22.8 Å². The molecule has 152 valence electrons. The monoisotopic (exact) mass is 392 g/mol. The van der Waals surface area contributed by atoms with Crippen LogP contribution in [-0.2, 0) is 20.7 Å². The van der Waals surface area contributed by atoms with Crippen LogP contribution in [0, 0.1) is 0 Å². The van der Waals surface area contributed by atoms with Crippen molar-refractivity contribution in [3.63, 3.8) is 0 Å². The van der Waals surface area contributed by atoms with Crippen LogP contribution >= 0.6 is 0 Å². The Hall–Kier alpha value is -3.08. The lowest BCUT2D eigenvalue weighted by Gasteiger charge is -2.20. The van der Waals surface area contributed by atoms with Gasteiger partial charge in [0.25, 0.3) is 5.91 Å². The number of hydrogen-bond donors (Lipinski definition) is 2. The van der Waals surface area contributed by atoms with E-state index in [1.54, 1.807) is 6.20 Å². The highest BCUT2D eigenvalue weighted by molar-refractivity contribution is 5.95. The second kappa shape index (κ2) is 8.95. The van der Waals surface area contributed by atoms with E-state index in [2.05, 4.69) is 38.0 Å². The highest BCUT2D eigenvalue weighted by Gasteiger charge is 2.17. The third kappa shape index (κ3) is 4.86. The number of rotatable bonds is 7. The second-order valence-corrected chi connectivity index (χ2v) is 7.87. The van der Waals surface area contributed by atoms with Gasteiger partial charge in [-0.2, -0.15) is 0 Å².